The van der Waals surface area contributed by atoms with Crippen LogP contribution in [0.4, 0.5) is 19.0 Å². The van der Waals surface area contributed by atoms with E-state index in [4.69, 9.17) is 11.5 Å². The number of anilines is 1. The van der Waals surface area contributed by atoms with Crippen molar-refractivity contribution in [1.29, 1.82) is 0 Å². The molecule has 1 aliphatic carbocycles. The Kier molecular flexibility index (Phi) is 5.51. The van der Waals surface area contributed by atoms with E-state index in [2.05, 4.69) is 10.1 Å². The van der Waals surface area contributed by atoms with Crippen LogP contribution in [0.15, 0.2) is 24.4 Å². The molecule has 1 fully saturated rings. The molecule has 11 heteroatoms. The predicted octanol–water partition coefficient (Wildman–Crippen LogP) is 3.16. The molecule has 2 amide bonds. The lowest BCUT2D eigenvalue weighted by Crippen LogP contribution is -2.33. The number of carbonyl (C=O) groups excluding carboxylic acids is 2. The Morgan fingerprint density at radius 3 is 2.64 bits per heavy atom. The van der Waals surface area contributed by atoms with Crippen molar-refractivity contribution < 1.29 is 22.8 Å². The Balaban J connectivity index is 1.84. The molecule has 33 heavy (non-hydrogen) atoms. The van der Waals surface area contributed by atoms with Crippen molar-refractivity contribution in [3.05, 3.63) is 46.6 Å². The minimum Gasteiger partial charge on any atom is -0.381 e. The Morgan fingerprint density at radius 2 is 2.06 bits per heavy atom. The van der Waals surface area contributed by atoms with Gasteiger partial charge in [0, 0.05) is 24.3 Å². The van der Waals surface area contributed by atoms with Gasteiger partial charge in [-0.05, 0) is 61.9 Å². The van der Waals surface area contributed by atoms with E-state index < -0.39 is 17.6 Å². The SMILES string of the molecule is Cc1c(CN(C=O)C(C)C2CC2)cc(-c2ccn3nc(N)c(C(N)=O)c3n2)cc1C(F)(F)F. The number of halogens is 3. The topological polar surface area (TPSA) is 120 Å². The first kappa shape index (κ1) is 22.6. The zero-order valence-corrected chi connectivity index (χ0v) is 18.1. The number of nitrogens with two attached hydrogens (primary N) is 2. The van der Waals surface area contributed by atoms with Crippen LogP contribution in [0.25, 0.3) is 16.9 Å². The summed E-state index contributed by atoms with van der Waals surface area (Å²) in [7, 11) is 0. The molecule has 1 aromatic carbocycles. The van der Waals surface area contributed by atoms with E-state index in [0.717, 1.165) is 18.9 Å². The summed E-state index contributed by atoms with van der Waals surface area (Å²) in [5.41, 5.74) is 11.0. The first-order valence-electron chi connectivity index (χ1n) is 10.4. The molecule has 0 radical (unpaired) electrons. The van der Waals surface area contributed by atoms with Crippen LogP contribution in [0.3, 0.4) is 0 Å². The minimum absolute atomic E-state index is 0.0400. The van der Waals surface area contributed by atoms with Crippen molar-refractivity contribution in [1.82, 2.24) is 19.5 Å². The van der Waals surface area contributed by atoms with Crippen LogP contribution in [0.5, 0.6) is 0 Å². The molecule has 4 N–H and O–H groups in total. The highest BCUT2D eigenvalue weighted by atomic mass is 19.4. The zero-order valence-electron chi connectivity index (χ0n) is 18.1. The maximum absolute atomic E-state index is 13.9. The lowest BCUT2D eigenvalue weighted by Gasteiger charge is -2.27. The molecule has 1 unspecified atom stereocenters. The average Bonchev–Trinajstić information content (AvgIpc) is 3.53. The second-order valence-electron chi connectivity index (χ2n) is 8.37. The van der Waals surface area contributed by atoms with Gasteiger partial charge < -0.3 is 16.4 Å². The van der Waals surface area contributed by atoms with E-state index in [1.165, 1.54) is 28.6 Å². The highest BCUT2D eigenvalue weighted by Crippen LogP contribution is 2.38. The predicted molar refractivity (Wildman–Crippen MR) is 115 cm³/mol. The van der Waals surface area contributed by atoms with Crippen LogP contribution in [0.2, 0.25) is 0 Å². The van der Waals surface area contributed by atoms with Gasteiger partial charge in [0.15, 0.2) is 11.5 Å². The van der Waals surface area contributed by atoms with Crippen molar-refractivity contribution in [3.63, 3.8) is 0 Å². The fourth-order valence-electron chi connectivity index (χ4n) is 4.05. The number of carbonyl (C=O) groups is 2. The molecule has 0 saturated heterocycles. The Morgan fingerprint density at radius 1 is 1.36 bits per heavy atom. The number of hydrogen-bond donors (Lipinski definition) is 2. The van der Waals surface area contributed by atoms with Crippen molar-refractivity contribution in [2.45, 2.75) is 45.5 Å². The molecule has 2 heterocycles. The minimum atomic E-state index is -4.60. The fourth-order valence-corrected chi connectivity index (χ4v) is 4.05. The summed E-state index contributed by atoms with van der Waals surface area (Å²) in [5.74, 6) is -0.601. The van der Waals surface area contributed by atoms with E-state index in [-0.39, 0.29) is 46.4 Å². The van der Waals surface area contributed by atoms with Crippen molar-refractivity contribution in [2.75, 3.05) is 5.73 Å². The van der Waals surface area contributed by atoms with Crippen molar-refractivity contribution in [3.8, 4) is 11.3 Å². The van der Waals surface area contributed by atoms with Gasteiger partial charge in [-0.2, -0.15) is 13.2 Å². The number of hydrogen-bond acceptors (Lipinski definition) is 5. The van der Waals surface area contributed by atoms with E-state index in [1.807, 2.05) is 6.92 Å². The lowest BCUT2D eigenvalue weighted by atomic mass is 9.96. The Bertz CT molecular complexity index is 1250. The van der Waals surface area contributed by atoms with Gasteiger partial charge in [-0.1, -0.05) is 0 Å². The van der Waals surface area contributed by atoms with Gasteiger partial charge in [-0.15, -0.1) is 5.10 Å². The highest BCUT2D eigenvalue weighted by molar-refractivity contribution is 6.03. The number of alkyl halides is 3. The molecule has 1 atom stereocenters. The van der Waals surface area contributed by atoms with Gasteiger partial charge in [-0.25, -0.2) is 9.50 Å². The second-order valence-corrected chi connectivity index (χ2v) is 8.37. The van der Waals surface area contributed by atoms with Crippen molar-refractivity contribution in [2.24, 2.45) is 11.7 Å². The quantitative estimate of drug-likeness (QED) is 0.525. The number of rotatable bonds is 7. The van der Waals surface area contributed by atoms with E-state index >= 15 is 0 Å². The van der Waals surface area contributed by atoms with Crippen LogP contribution in [0.1, 0.15) is 46.8 Å². The van der Waals surface area contributed by atoms with Crippen LogP contribution in [-0.4, -0.2) is 37.9 Å². The maximum atomic E-state index is 13.9. The highest BCUT2D eigenvalue weighted by Gasteiger charge is 2.35. The first-order chi connectivity index (χ1) is 15.5. The van der Waals surface area contributed by atoms with Crippen molar-refractivity contribution >= 4 is 23.8 Å². The standard InChI is InChI=1S/C22H23F3N6O2/c1-11-15(9-30(10-32)12(2)13-3-4-13)7-14(8-16(11)22(23,24)25)17-5-6-31-21(28-17)18(20(27)33)19(26)29-31/h5-8,10,12-13H,3-4,9H2,1-2H3,(H2,26,29)(H2,27,33). The molecular weight excluding hydrogens is 437 g/mol. The normalized spacial score (nSPS) is 14.9. The summed E-state index contributed by atoms with van der Waals surface area (Å²) in [6.45, 7) is 3.34. The second kappa shape index (κ2) is 8.05. The lowest BCUT2D eigenvalue weighted by molar-refractivity contribution is -0.138. The van der Waals surface area contributed by atoms with Gasteiger partial charge in [0.25, 0.3) is 5.91 Å². The largest absolute Gasteiger partial charge is 0.416 e. The third-order valence-electron chi connectivity index (χ3n) is 6.19. The van der Waals surface area contributed by atoms with Gasteiger partial charge in [0.05, 0.1) is 11.3 Å². The Labute approximate surface area is 187 Å². The molecular formula is C22H23F3N6O2. The van der Waals surface area contributed by atoms with Gasteiger partial charge in [-0.3, -0.25) is 9.59 Å². The van der Waals surface area contributed by atoms with Gasteiger partial charge in [0.1, 0.15) is 5.56 Å². The number of aromatic nitrogens is 3. The first-order valence-corrected chi connectivity index (χ1v) is 10.4. The molecule has 1 aliphatic rings. The average molecular weight is 460 g/mol. The van der Waals surface area contributed by atoms with E-state index in [9.17, 15) is 22.8 Å². The number of amides is 2. The summed E-state index contributed by atoms with van der Waals surface area (Å²) in [5, 5.41) is 3.96. The summed E-state index contributed by atoms with van der Waals surface area (Å²) in [6.07, 6.45) is -0.481. The molecule has 3 aromatic rings. The smallest absolute Gasteiger partial charge is 0.381 e. The number of nitrogen functional groups attached to an aromatic ring is 1. The summed E-state index contributed by atoms with van der Waals surface area (Å²) < 4.78 is 42.9. The summed E-state index contributed by atoms with van der Waals surface area (Å²) in [6, 6.07) is 4.01. The monoisotopic (exact) mass is 460 g/mol. The number of benzene rings is 1. The maximum Gasteiger partial charge on any atom is 0.416 e. The number of nitrogens with zero attached hydrogens (tertiary/aromatic N) is 4. The molecule has 174 valence electrons. The van der Waals surface area contributed by atoms with Crippen LogP contribution in [0, 0.1) is 12.8 Å². The summed E-state index contributed by atoms with van der Waals surface area (Å²) >= 11 is 0. The van der Waals surface area contributed by atoms with Crippen LogP contribution in [-0.2, 0) is 17.5 Å². The zero-order chi connectivity index (χ0) is 24.1. The molecule has 0 spiro atoms. The molecule has 1 saturated carbocycles. The molecule has 4 rings (SSSR count). The molecule has 8 nitrogen and oxygen atoms in total. The van der Waals surface area contributed by atoms with E-state index in [1.54, 1.807) is 6.07 Å². The molecule has 0 bridgehead atoms. The third-order valence-corrected chi connectivity index (χ3v) is 6.19. The van der Waals surface area contributed by atoms with Gasteiger partial charge >= 0.3 is 6.18 Å². The fraction of sp³-hybridized carbons (Fsp3) is 0.364. The molecule has 0 aliphatic heterocycles. The molecule has 2 aromatic heterocycles. The Hall–Kier alpha value is -3.63. The third kappa shape index (κ3) is 4.22. The number of primary amides is 1. The van der Waals surface area contributed by atoms with Gasteiger partial charge in [0.2, 0.25) is 6.41 Å². The van der Waals surface area contributed by atoms with E-state index in [0.29, 0.717) is 17.9 Å². The number of fused-ring (bicyclic) bond motifs is 1. The summed E-state index contributed by atoms with van der Waals surface area (Å²) in [4.78, 5) is 29.3. The van der Waals surface area contributed by atoms with Crippen LogP contribution < -0.4 is 11.5 Å². The van der Waals surface area contributed by atoms with Crippen LogP contribution >= 0.6 is 0 Å².